The second-order valence-electron chi connectivity index (χ2n) is 7.34. The summed E-state index contributed by atoms with van der Waals surface area (Å²) in [7, 11) is 1.40. The van der Waals surface area contributed by atoms with E-state index in [-0.39, 0.29) is 33.8 Å². The van der Waals surface area contributed by atoms with Crippen molar-refractivity contribution in [3.8, 4) is 28.4 Å². The van der Waals surface area contributed by atoms with Crippen molar-refractivity contribution in [3.05, 3.63) is 52.9 Å². The Morgan fingerprint density at radius 3 is 2.41 bits per heavy atom. The number of hydrogen-bond donors (Lipinski definition) is 5. The molecule has 0 amide bonds. The highest BCUT2D eigenvalue weighted by atomic mass is 16.7. The van der Waals surface area contributed by atoms with E-state index in [2.05, 4.69) is 0 Å². The van der Waals surface area contributed by atoms with Crippen LogP contribution in [-0.2, 0) is 4.74 Å². The summed E-state index contributed by atoms with van der Waals surface area (Å²) in [4.78, 5) is 13.3. The van der Waals surface area contributed by atoms with Gasteiger partial charge in [0.15, 0.2) is 0 Å². The number of ether oxygens (including phenoxy) is 3. The minimum atomic E-state index is -1.67. The summed E-state index contributed by atoms with van der Waals surface area (Å²) in [6, 6.07) is 8.83. The summed E-state index contributed by atoms with van der Waals surface area (Å²) in [6.07, 6.45) is -6.28. The predicted molar refractivity (Wildman–Crippen MR) is 111 cm³/mol. The van der Waals surface area contributed by atoms with Gasteiger partial charge in [-0.2, -0.15) is 0 Å². The Labute approximate surface area is 181 Å². The molecular weight excluding hydrogens is 424 g/mol. The number of methoxy groups -OCH3 is 1. The number of phenols is 1. The number of phenolic OH excluding ortho intramolecular Hbond substituents is 1. The monoisotopic (exact) mass is 446 g/mol. The second kappa shape index (κ2) is 8.77. The van der Waals surface area contributed by atoms with Crippen LogP contribution < -0.4 is 14.9 Å². The third-order valence-electron chi connectivity index (χ3n) is 5.32. The Balaban J connectivity index is 1.81. The lowest BCUT2D eigenvalue weighted by molar-refractivity contribution is -0.277. The molecule has 0 radical (unpaired) electrons. The van der Waals surface area contributed by atoms with Crippen molar-refractivity contribution < 1.29 is 44.2 Å². The van der Waals surface area contributed by atoms with Gasteiger partial charge in [0, 0.05) is 12.1 Å². The van der Waals surface area contributed by atoms with Gasteiger partial charge in [-0.05, 0) is 17.7 Å². The topological polar surface area (TPSA) is 159 Å². The van der Waals surface area contributed by atoms with Gasteiger partial charge in [-0.25, -0.2) is 0 Å². The second-order valence-corrected chi connectivity index (χ2v) is 7.34. The van der Waals surface area contributed by atoms with Gasteiger partial charge in [-0.3, -0.25) is 4.79 Å². The molecule has 10 nitrogen and oxygen atoms in total. The molecule has 0 spiro atoms. The third kappa shape index (κ3) is 3.90. The van der Waals surface area contributed by atoms with E-state index in [4.69, 9.17) is 18.6 Å². The molecule has 0 aliphatic carbocycles. The molecule has 1 aliphatic heterocycles. The zero-order valence-electron chi connectivity index (χ0n) is 16.9. The van der Waals surface area contributed by atoms with Gasteiger partial charge in [-0.1, -0.05) is 12.1 Å². The average Bonchev–Trinajstić information content (AvgIpc) is 2.80. The Morgan fingerprint density at radius 1 is 1.03 bits per heavy atom. The lowest BCUT2D eigenvalue weighted by Crippen LogP contribution is -2.60. The maximum Gasteiger partial charge on any atom is 0.229 e. The molecule has 5 N–H and O–H groups in total. The van der Waals surface area contributed by atoms with E-state index in [0.717, 1.165) is 0 Å². The Bertz CT molecular complexity index is 1150. The molecule has 0 saturated carbocycles. The SMILES string of the molecule is COc1cc(O[C@H]2O[C@@H](CO)[C@H](O)[C@H](O)[C@@H]2O)c2c(=O)c(-c3ccc(O)cc3)coc2c1. The van der Waals surface area contributed by atoms with Crippen LogP contribution in [0.5, 0.6) is 17.2 Å². The molecular formula is C22H22O10. The van der Waals surface area contributed by atoms with E-state index >= 15 is 0 Å². The van der Waals surface area contributed by atoms with Crippen molar-refractivity contribution in [1.82, 2.24) is 0 Å². The highest BCUT2D eigenvalue weighted by molar-refractivity contribution is 5.88. The van der Waals surface area contributed by atoms with Gasteiger partial charge < -0.3 is 44.2 Å². The van der Waals surface area contributed by atoms with Gasteiger partial charge >= 0.3 is 0 Å². The Morgan fingerprint density at radius 2 is 1.75 bits per heavy atom. The fraction of sp³-hybridized carbons (Fsp3) is 0.318. The normalized spacial score (nSPS) is 25.6. The largest absolute Gasteiger partial charge is 0.508 e. The molecule has 2 heterocycles. The molecule has 3 aromatic rings. The molecule has 5 atom stereocenters. The first kappa shape index (κ1) is 22.1. The minimum absolute atomic E-state index is 0.0216. The van der Waals surface area contributed by atoms with Gasteiger partial charge in [0.2, 0.25) is 11.7 Å². The van der Waals surface area contributed by atoms with Crippen molar-refractivity contribution in [3.63, 3.8) is 0 Å². The van der Waals surface area contributed by atoms with Crippen molar-refractivity contribution >= 4 is 11.0 Å². The van der Waals surface area contributed by atoms with Gasteiger partial charge in [0.25, 0.3) is 0 Å². The molecule has 170 valence electrons. The van der Waals surface area contributed by atoms with E-state index in [1.54, 1.807) is 12.1 Å². The zero-order valence-corrected chi connectivity index (χ0v) is 16.9. The van der Waals surface area contributed by atoms with Gasteiger partial charge in [-0.15, -0.1) is 0 Å². The minimum Gasteiger partial charge on any atom is -0.508 e. The fourth-order valence-electron chi connectivity index (χ4n) is 3.53. The Hall–Kier alpha value is -3.15. The average molecular weight is 446 g/mol. The number of fused-ring (bicyclic) bond motifs is 1. The lowest BCUT2D eigenvalue weighted by atomic mass is 9.99. The molecule has 1 saturated heterocycles. The van der Waals surface area contributed by atoms with E-state index < -0.39 is 42.7 Å². The van der Waals surface area contributed by atoms with E-state index in [1.165, 1.54) is 37.6 Å². The van der Waals surface area contributed by atoms with Crippen molar-refractivity contribution in [2.24, 2.45) is 0 Å². The first-order valence-electron chi connectivity index (χ1n) is 9.74. The standard InChI is InChI=1S/C22H22O10/c1-29-12-6-14-17(18(25)13(9-30-14)10-2-4-11(24)5-3-10)15(7-12)31-22-21(28)20(27)19(26)16(8-23)32-22/h2-7,9,16,19-24,26-28H,8H2,1H3/t16-,19-,20-,21-,22-/m0/s1. The number of aromatic hydroxyl groups is 1. The van der Waals surface area contributed by atoms with Crippen LogP contribution in [0.25, 0.3) is 22.1 Å². The summed E-state index contributed by atoms with van der Waals surface area (Å²) in [5.41, 5.74) is 0.366. The lowest BCUT2D eigenvalue weighted by Gasteiger charge is -2.39. The van der Waals surface area contributed by atoms with Crippen LogP contribution in [0.15, 0.2) is 51.9 Å². The number of aliphatic hydroxyl groups is 4. The maximum atomic E-state index is 13.3. The smallest absolute Gasteiger partial charge is 0.229 e. The van der Waals surface area contributed by atoms with Crippen molar-refractivity contribution in [2.45, 2.75) is 30.7 Å². The van der Waals surface area contributed by atoms with E-state index in [0.29, 0.717) is 5.56 Å². The molecule has 1 aromatic heterocycles. The van der Waals surface area contributed by atoms with Crippen LogP contribution in [0.3, 0.4) is 0 Å². The van der Waals surface area contributed by atoms with E-state index in [9.17, 15) is 30.3 Å². The molecule has 2 aromatic carbocycles. The first-order chi connectivity index (χ1) is 15.3. The molecule has 0 bridgehead atoms. The highest BCUT2D eigenvalue weighted by Gasteiger charge is 2.45. The van der Waals surface area contributed by atoms with E-state index in [1.807, 2.05) is 0 Å². The van der Waals surface area contributed by atoms with Gasteiger partial charge in [0.05, 0.1) is 19.3 Å². The van der Waals surface area contributed by atoms with Crippen LogP contribution in [0.4, 0.5) is 0 Å². The molecule has 0 unspecified atom stereocenters. The Kier molecular flexibility index (Phi) is 6.04. The molecule has 32 heavy (non-hydrogen) atoms. The van der Waals surface area contributed by atoms with Crippen LogP contribution in [-0.4, -0.2) is 70.0 Å². The number of hydrogen-bond acceptors (Lipinski definition) is 10. The highest BCUT2D eigenvalue weighted by Crippen LogP contribution is 2.34. The number of aliphatic hydroxyl groups excluding tert-OH is 4. The summed E-state index contributed by atoms with van der Waals surface area (Å²) >= 11 is 0. The quantitative estimate of drug-likeness (QED) is 0.370. The molecule has 10 heteroatoms. The molecule has 1 aliphatic rings. The third-order valence-corrected chi connectivity index (χ3v) is 5.32. The zero-order chi connectivity index (χ0) is 23.0. The van der Waals surface area contributed by atoms with Crippen LogP contribution >= 0.6 is 0 Å². The number of benzene rings is 2. The summed E-state index contributed by atoms with van der Waals surface area (Å²) in [5, 5.41) is 49.2. The van der Waals surface area contributed by atoms with Crippen molar-refractivity contribution in [2.75, 3.05) is 13.7 Å². The van der Waals surface area contributed by atoms with Crippen LogP contribution in [0.2, 0.25) is 0 Å². The van der Waals surface area contributed by atoms with Crippen LogP contribution in [0, 0.1) is 0 Å². The fourth-order valence-corrected chi connectivity index (χ4v) is 3.53. The predicted octanol–water partition coefficient (Wildman–Crippen LogP) is 0.353. The van der Waals surface area contributed by atoms with Crippen LogP contribution in [0.1, 0.15) is 0 Å². The van der Waals surface area contributed by atoms with Gasteiger partial charge in [0.1, 0.15) is 58.9 Å². The number of rotatable bonds is 5. The molecule has 1 fully saturated rings. The summed E-state index contributed by atoms with van der Waals surface area (Å²) in [5.74, 6) is 0.269. The first-order valence-corrected chi connectivity index (χ1v) is 9.74. The molecule has 4 rings (SSSR count). The summed E-state index contributed by atoms with van der Waals surface area (Å²) in [6.45, 7) is -0.628. The summed E-state index contributed by atoms with van der Waals surface area (Å²) < 4.78 is 22.0. The van der Waals surface area contributed by atoms with Crippen molar-refractivity contribution in [1.29, 1.82) is 0 Å². The maximum absolute atomic E-state index is 13.3.